The summed E-state index contributed by atoms with van der Waals surface area (Å²) in [6.45, 7) is 3.40. The molecule has 4 aromatic rings. The second-order valence-electron chi connectivity index (χ2n) is 6.09. The highest BCUT2D eigenvalue weighted by Crippen LogP contribution is 2.38. The Morgan fingerprint density at radius 1 is 1.19 bits per heavy atom. The van der Waals surface area contributed by atoms with Gasteiger partial charge in [0.25, 0.3) is 5.91 Å². The van der Waals surface area contributed by atoms with Gasteiger partial charge in [0.15, 0.2) is 12.4 Å². The fraction of sp³-hybridized carbons (Fsp3) is 0.150. The zero-order valence-electron chi connectivity index (χ0n) is 14.7. The molecular weight excluding hydrogens is 380 g/mol. The molecule has 27 heavy (non-hydrogen) atoms. The smallest absolute Gasteiger partial charge is 0.262 e. The number of fused-ring (bicyclic) bond motifs is 3. The molecular formula is C20H16N2O3S2. The van der Waals surface area contributed by atoms with E-state index < -0.39 is 0 Å². The van der Waals surface area contributed by atoms with E-state index in [1.54, 1.807) is 46.9 Å². The van der Waals surface area contributed by atoms with Crippen LogP contribution in [0.15, 0.2) is 41.8 Å². The average molecular weight is 396 g/mol. The minimum atomic E-state index is -0.255. The maximum absolute atomic E-state index is 12.2. The van der Waals surface area contributed by atoms with Crippen LogP contribution in [0.25, 0.3) is 20.3 Å². The minimum Gasteiger partial charge on any atom is -0.483 e. The number of carbonyl (C=O) groups is 2. The molecule has 2 aromatic heterocycles. The highest BCUT2D eigenvalue weighted by atomic mass is 32.1. The third-order valence-corrected chi connectivity index (χ3v) is 5.94. The van der Waals surface area contributed by atoms with Crippen molar-refractivity contribution in [3.63, 3.8) is 0 Å². The number of ether oxygens (including phenoxy) is 1. The van der Waals surface area contributed by atoms with E-state index in [2.05, 4.69) is 10.3 Å². The fourth-order valence-corrected chi connectivity index (χ4v) is 4.67. The average Bonchev–Trinajstić information content (AvgIpc) is 3.25. The molecule has 5 nitrogen and oxygen atoms in total. The van der Waals surface area contributed by atoms with E-state index in [9.17, 15) is 9.59 Å². The van der Waals surface area contributed by atoms with Gasteiger partial charge in [-0.2, -0.15) is 0 Å². The molecule has 0 aliphatic rings. The number of hydrogen-bond donors (Lipinski definition) is 1. The number of thiophene rings is 1. The Labute approximate surface area is 163 Å². The molecule has 4 rings (SSSR count). The lowest BCUT2D eigenvalue weighted by molar-refractivity contribution is -0.118. The van der Waals surface area contributed by atoms with E-state index >= 15 is 0 Å². The van der Waals surface area contributed by atoms with Gasteiger partial charge in [0.05, 0.1) is 19.9 Å². The molecule has 2 aromatic carbocycles. The molecule has 0 bridgehead atoms. The lowest BCUT2D eigenvalue weighted by Crippen LogP contribution is -2.20. The van der Waals surface area contributed by atoms with Crippen LogP contribution < -0.4 is 10.1 Å². The zero-order valence-corrected chi connectivity index (χ0v) is 16.4. The number of aromatic nitrogens is 1. The Bertz CT molecular complexity index is 1160. The van der Waals surface area contributed by atoms with Crippen molar-refractivity contribution in [2.45, 2.75) is 13.8 Å². The van der Waals surface area contributed by atoms with E-state index in [1.807, 2.05) is 24.4 Å². The first-order chi connectivity index (χ1) is 13.0. The molecule has 0 spiro atoms. The molecule has 0 saturated heterocycles. The summed E-state index contributed by atoms with van der Waals surface area (Å²) in [6.07, 6.45) is 0. The maximum atomic E-state index is 12.2. The van der Waals surface area contributed by atoms with E-state index in [1.165, 1.54) is 6.92 Å². The van der Waals surface area contributed by atoms with Gasteiger partial charge < -0.3 is 10.1 Å². The summed E-state index contributed by atoms with van der Waals surface area (Å²) in [5, 5.41) is 6.75. The van der Waals surface area contributed by atoms with E-state index in [4.69, 9.17) is 4.74 Å². The number of anilines is 1. The Hall–Kier alpha value is -2.77. The minimum absolute atomic E-state index is 0.00955. The maximum Gasteiger partial charge on any atom is 0.262 e. The zero-order chi connectivity index (χ0) is 19.0. The van der Waals surface area contributed by atoms with Gasteiger partial charge in [-0.3, -0.25) is 9.59 Å². The number of ketones is 1. The number of hydrogen-bond acceptors (Lipinski definition) is 6. The molecule has 0 aliphatic heterocycles. The van der Waals surface area contributed by atoms with Gasteiger partial charge >= 0.3 is 0 Å². The van der Waals surface area contributed by atoms with Gasteiger partial charge in [-0.1, -0.05) is 0 Å². The molecule has 0 aliphatic carbocycles. The Morgan fingerprint density at radius 2 is 1.96 bits per heavy atom. The molecule has 2 heterocycles. The SMILES string of the molecule is CC(=O)c1ccc(NC(=O)COc2cc3sc(C)nc3c3sccc23)cc1. The largest absolute Gasteiger partial charge is 0.483 e. The van der Waals surface area contributed by atoms with Gasteiger partial charge in [-0.05, 0) is 49.6 Å². The van der Waals surface area contributed by atoms with E-state index in [0.29, 0.717) is 17.0 Å². The number of rotatable bonds is 5. The van der Waals surface area contributed by atoms with Crippen LogP contribution in [0.5, 0.6) is 5.75 Å². The van der Waals surface area contributed by atoms with Crippen molar-refractivity contribution in [2.75, 3.05) is 11.9 Å². The number of nitrogens with one attached hydrogen (secondary N) is 1. The number of thiazole rings is 1. The van der Waals surface area contributed by atoms with E-state index in [-0.39, 0.29) is 18.3 Å². The Balaban J connectivity index is 1.49. The van der Waals surface area contributed by atoms with Crippen LogP contribution in [-0.2, 0) is 4.79 Å². The van der Waals surface area contributed by atoms with Crippen LogP contribution in [0.2, 0.25) is 0 Å². The summed E-state index contributed by atoms with van der Waals surface area (Å²) in [6, 6.07) is 10.7. The Kier molecular flexibility index (Phi) is 4.63. The van der Waals surface area contributed by atoms with Gasteiger partial charge in [0, 0.05) is 22.7 Å². The molecule has 1 N–H and O–H groups in total. The highest BCUT2D eigenvalue weighted by Gasteiger charge is 2.14. The first-order valence-electron chi connectivity index (χ1n) is 8.32. The number of Topliss-reactive ketones (excluding diaryl/α,β-unsaturated/α-hetero) is 1. The molecule has 0 unspecified atom stereocenters. The van der Waals surface area contributed by atoms with Crippen LogP contribution in [-0.4, -0.2) is 23.3 Å². The quantitative estimate of drug-likeness (QED) is 0.480. The number of benzene rings is 2. The van der Waals surface area contributed by atoms with Crippen molar-refractivity contribution < 1.29 is 14.3 Å². The van der Waals surface area contributed by atoms with Gasteiger partial charge in [0.1, 0.15) is 5.75 Å². The molecule has 7 heteroatoms. The summed E-state index contributed by atoms with van der Waals surface area (Å²) in [7, 11) is 0. The fourth-order valence-electron chi connectivity index (χ4n) is 2.83. The standard InChI is InChI=1S/C20H16N2O3S2/c1-11(23)13-3-5-14(6-4-13)22-18(24)10-25-16-9-17-19(21-12(2)27-17)20-15(16)7-8-26-20/h3-9H,10H2,1-2H3,(H,22,24). The summed E-state index contributed by atoms with van der Waals surface area (Å²) >= 11 is 3.23. The van der Waals surface area contributed by atoms with Crippen LogP contribution in [0.3, 0.4) is 0 Å². The first-order valence-corrected chi connectivity index (χ1v) is 10.0. The molecule has 0 radical (unpaired) electrons. The predicted molar refractivity (Wildman–Crippen MR) is 110 cm³/mol. The van der Waals surface area contributed by atoms with Crippen molar-refractivity contribution in [3.05, 3.63) is 52.3 Å². The second kappa shape index (κ2) is 7.09. The van der Waals surface area contributed by atoms with Crippen LogP contribution >= 0.6 is 22.7 Å². The number of carbonyl (C=O) groups excluding carboxylic acids is 2. The van der Waals surface area contributed by atoms with Gasteiger partial charge in [0.2, 0.25) is 0 Å². The number of amides is 1. The van der Waals surface area contributed by atoms with Crippen LogP contribution in [0, 0.1) is 6.92 Å². The predicted octanol–water partition coefficient (Wildman–Crippen LogP) is 5.04. The first kappa shape index (κ1) is 17.6. The van der Waals surface area contributed by atoms with Crippen LogP contribution in [0.4, 0.5) is 5.69 Å². The molecule has 1 amide bonds. The van der Waals surface area contributed by atoms with Crippen molar-refractivity contribution >= 4 is 60.4 Å². The second-order valence-corrected chi connectivity index (χ2v) is 8.24. The summed E-state index contributed by atoms with van der Waals surface area (Å²) in [5.41, 5.74) is 2.23. The summed E-state index contributed by atoms with van der Waals surface area (Å²) in [4.78, 5) is 28.1. The highest BCUT2D eigenvalue weighted by molar-refractivity contribution is 7.21. The molecule has 0 atom stereocenters. The normalized spacial score (nSPS) is 11.0. The van der Waals surface area contributed by atoms with Gasteiger partial charge in [-0.25, -0.2) is 4.98 Å². The topological polar surface area (TPSA) is 68.3 Å². The van der Waals surface area contributed by atoms with Crippen molar-refractivity contribution in [3.8, 4) is 5.75 Å². The van der Waals surface area contributed by atoms with E-state index in [0.717, 1.165) is 25.3 Å². The number of aryl methyl sites for hydroxylation is 1. The van der Waals surface area contributed by atoms with Gasteiger partial charge in [-0.15, -0.1) is 22.7 Å². The molecule has 136 valence electrons. The summed E-state index contributed by atoms with van der Waals surface area (Å²) in [5.74, 6) is 0.420. The molecule has 0 fully saturated rings. The summed E-state index contributed by atoms with van der Waals surface area (Å²) < 4.78 is 7.94. The third kappa shape index (κ3) is 3.56. The lowest BCUT2D eigenvalue weighted by atomic mass is 10.1. The van der Waals surface area contributed by atoms with Crippen molar-refractivity contribution in [1.29, 1.82) is 0 Å². The third-order valence-electron chi connectivity index (χ3n) is 4.10. The molecule has 0 saturated carbocycles. The Morgan fingerprint density at radius 3 is 2.70 bits per heavy atom. The monoisotopic (exact) mass is 396 g/mol. The number of nitrogens with zero attached hydrogens (tertiary/aromatic N) is 1. The van der Waals surface area contributed by atoms with Crippen molar-refractivity contribution in [1.82, 2.24) is 4.98 Å². The lowest BCUT2D eigenvalue weighted by Gasteiger charge is -2.09. The van der Waals surface area contributed by atoms with Crippen molar-refractivity contribution in [2.24, 2.45) is 0 Å². The van der Waals surface area contributed by atoms with Crippen LogP contribution in [0.1, 0.15) is 22.3 Å².